The first-order valence-electron chi connectivity index (χ1n) is 8.31. The van der Waals surface area contributed by atoms with Crippen LogP contribution in [0.3, 0.4) is 0 Å². The lowest BCUT2D eigenvalue weighted by atomic mass is 10.1. The van der Waals surface area contributed by atoms with Crippen molar-refractivity contribution in [2.45, 2.75) is 13.8 Å². The monoisotopic (exact) mass is 351 g/mol. The van der Waals surface area contributed by atoms with E-state index >= 15 is 0 Å². The Kier molecular flexibility index (Phi) is 5.43. The molecule has 0 bridgehead atoms. The van der Waals surface area contributed by atoms with Crippen LogP contribution in [0.15, 0.2) is 48.8 Å². The molecule has 1 aromatic carbocycles. The van der Waals surface area contributed by atoms with Crippen LogP contribution in [0.25, 0.3) is 5.82 Å². The summed E-state index contributed by atoms with van der Waals surface area (Å²) in [6.45, 7) is 5.05. The molecule has 3 aromatic rings. The average molecular weight is 351 g/mol. The van der Waals surface area contributed by atoms with Crippen molar-refractivity contribution in [1.29, 1.82) is 0 Å². The summed E-state index contributed by atoms with van der Waals surface area (Å²) in [5, 5.41) is 21.0. The molecular weight excluding hydrogens is 330 g/mol. The fourth-order valence-corrected chi connectivity index (χ4v) is 2.31. The Balaban J connectivity index is 1.40. The molecule has 0 saturated heterocycles. The molecule has 0 aliphatic heterocycles. The first kappa shape index (κ1) is 17.4. The van der Waals surface area contributed by atoms with Crippen molar-refractivity contribution in [2.24, 2.45) is 0 Å². The number of nitrogens with one attached hydrogen (secondary N) is 3. The number of aryl methyl sites for hydroxylation is 2. The van der Waals surface area contributed by atoms with Crippen LogP contribution in [0.4, 0.5) is 16.3 Å². The number of hydrogen-bond acceptors (Lipinski definition) is 5. The zero-order valence-corrected chi connectivity index (χ0v) is 14.7. The summed E-state index contributed by atoms with van der Waals surface area (Å²) in [5.74, 6) is 1.28. The summed E-state index contributed by atoms with van der Waals surface area (Å²) in [6.07, 6.45) is 3.48. The summed E-state index contributed by atoms with van der Waals surface area (Å²) in [7, 11) is 0. The van der Waals surface area contributed by atoms with Crippen LogP contribution < -0.4 is 16.0 Å². The van der Waals surface area contributed by atoms with Gasteiger partial charge in [-0.15, -0.1) is 10.2 Å². The van der Waals surface area contributed by atoms with Crippen LogP contribution in [0.2, 0.25) is 0 Å². The molecule has 0 spiro atoms. The first-order chi connectivity index (χ1) is 12.6. The predicted octanol–water partition coefficient (Wildman–Crippen LogP) is 2.51. The summed E-state index contributed by atoms with van der Waals surface area (Å²) in [5.41, 5.74) is 3.11. The van der Waals surface area contributed by atoms with Gasteiger partial charge in [0.05, 0.1) is 0 Å². The SMILES string of the molecule is Cc1ccc(NC(=O)NCCNc2ccc(-n3cccn3)nn2)cc1C. The van der Waals surface area contributed by atoms with Crippen LogP contribution in [-0.2, 0) is 0 Å². The van der Waals surface area contributed by atoms with Gasteiger partial charge in [-0.2, -0.15) is 5.10 Å². The Morgan fingerprint density at radius 2 is 1.96 bits per heavy atom. The quantitative estimate of drug-likeness (QED) is 0.593. The van der Waals surface area contributed by atoms with E-state index in [0.717, 1.165) is 11.3 Å². The normalized spacial score (nSPS) is 10.4. The summed E-state index contributed by atoms with van der Waals surface area (Å²) < 4.78 is 1.63. The van der Waals surface area contributed by atoms with Gasteiger partial charge in [-0.25, -0.2) is 9.48 Å². The number of carbonyl (C=O) groups is 1. The van der Waals surface area contributed by atoms with Crippen LogP contribution in [0, 0.1) is 13.8 Å². The number of benzene rings is 1. The number of nitrogens with zero attached hydrogens (tertiary/aromatic N) is 4. The van der Waals surface area contributed by atoms with Gasteiger partial charge in [0, 0.05) is 31.2 Å². The highest BCUT2D eigenvalue weighted by molar-refractivity contribution is 5.89. The van der Waals surface area contributed by atoms with Gasteiger partial charge in [-0.05, 0) is 55.3 Å². The van der Waals surface area contributed by atoms with Crippen molar-refractivity contribution >= 4 is 17.5 Å². The van der Waals surface area contributed by atoms with Gasteiger partial charge in [0.25, 0.3) is 0 Å². The number of rotatable bonds is 6. The summed E-state index contributed by atoms with van der Waals surface area (Å²) in [6, 6.07) is 11.0. The van der Waals surface area contributed by atoms with Gasteiger partial charge in [0.15, 0.2) is 5.82 Å². The van der Waals surface area contributed by atoms with Gasteiger partial charge >= 0.3 is 6.03 Å². The lowest BCUT2D eigenvalue weighted by Crippen LogP contribution is -2.32. The number of carbonyl (C=O) groups excluding carboxylic acids is 1. The highest BCUT2D eigenvalue weighted by atomic mass is 16.2. The molecule has 3 rings (SSSR count). The van der Waals surface area contributed by atoms with E-state index in [4.69, 9.17) is 0 Å². The lowest BCUT2D eigenvalue weighted by molar-refractivity contribution is 0.252. The minimum absolute atomic E-state index is 0.241. The Hall–Kier alpha value is -3.42. The molecule has 0 atom stereocenters. The van der Waals surface area contributed by atoms with Crippen molar-refractivity contribution in [1.82, 2.24) is 25.3 Å². The molecule has 2 heterocycles. The number of hydrogen-bond donors (Lipinski definition) is 3. The first-order valence-corrected chi connectivity index (χ1v) is 8.31. The Morgan fingerprint density at radius 1 is 1.08 bits per heavy atom. The largest absolute Gasteiger partial charge is 0.367 e. The zero-order chi connectivity index (χ0) is 18.4. The van der Waals surface area contributed by atoms with Crippen LogP contribution in [0.5, 0.6) is 0 Å². The van der Waals surface area contributed by atoms with Crippen LogP contribution in [0.1, 0.15) is 11.1 Å². The van der Waals surface area contributed by atoms with E-state index in [1.54, 1.807) is 17.1 Å². The zero-order valence-electron chi connectivity index (χ0n) is 14.7. The number of anilines is 2. The maximum Gasteiger partial charge on any atom is 0.319 e. The van der Waals surface area contributed by atoms with E-state index in [2.05, 4.69) is 31.2 Å². The lowest BCUT2D eigenvalue weighted by Gasteiger charge is -2.10. The second-order valence-corrected chi connectivity index (χ2v) is 5.83. The van der Waals surface area contributed by atoms with Gasteiger partial charge in [0.2, 0.25) is 0 Å². The van der Waals surface area contributed by atoms with Crippen molar-refractivity contribution in [3.8, 4) is 5.82 Å². The molecule has 8 heteroatoms. The maximum absolute atomic E-state index is 11.9. The highest BCUT2D eigenvalue weighted by Gasteiger charge is 2.03. The Morgan fingerprint density at radius 3 is 2.65 bits per heavy atom. The second kappa shape index (κ2) is 8.11. The number of urea groups is 1. The molecule has 0 radical (unpaired) electrons. The number of amides is 2. The molecule has 0 unspecified atom stereocenters. The molecule has 134 valence electrons. The van der Waals surface area contributed by atoms with E-state index in [-0.39, 0.29) is 6.03 Å². The fraction of sp³-hybridized carbons (Fsp3) is 0.222. The third-order valence-electron chi connectivity index (χ3n) is 3.87. The van der Waals surface area contributed by atoms with E-state index in [9.17, 15) is 4.79 Å². The highest BCUT2D eigenvalue weighted by Crippen LogP contribution is 2.13. The van der Waals surface area contributed by atoms with Crippen molar-refractivity contribution in [2.75, 3.05) is 23.7 Å². The Labute approximate surface area is 151 Å². The molecule has 0 fully saturated rings. The van der Waals surface area contributed by atoms with E-state index in [1.807, 2.05) is 50.2 Å². The smallest absolute Gasteiger partial charge is 0.319 e. The standard InChI is InChI=1S/C18H21N7O/c1-13-4-5-15(12-14(13)2)22-18(26)20-10-9-19-16-6-7-17(24-23-16)25-11-3-8-21-25/h3-8,11-12H,9-10H2,1-2H3,(H,19,23)(H2,20,22,26). The third-order valence-corrected chi connectivity index (χ3v) is 3.87. The van der Waals surface area contributed by atoms with E-state index < -0.39 is 0 Å². The number of aromatic nitrogens is 4. The van der Waals surface area contributed by atoms with Crippen molar-refractivity contribution < 1.29 is 4.79 Å². The molecular formula is C18H21N7O. The van der Waals surface area contributed by atoms with Crippen LogP contribution in [-0.4, -0.2) is 39.1 Å². The van der Waals surface area contributed by atoms with E-state index in [0.29, 0.717) is 24.7 Å². The molecule has 0 saturated carbocycles. The van der Waals surface area contributed by atoms with Gasteiger partial charge < -0.3 is 16.0 Å². The fourth-order valence-electron chi connectivity index (χ4n) is 2.31. The predicted molar refractivity (Wildman–Crippen MR) is 101 cm³/mol. The Bertz CT molecular complexity index is 860. The molecule has 2 aromatic heterocycles. The van der Waals surface area contributed by atoms with Gasteiger partial charge in [0.1, 0.15) is 5.82 Å². The molecule has 8 nitrogen and oxygen atoms in total. The molecule has 26 heavy (non-hydrogen) atoms. The second-order valence-electron chi connectivity index (χ2n) is 5.83. The van der Waals surface area contributed by atoms with Crippen LogP contribution >= 0.6 is 0 Å². The third kappa shape index (κ3) is 4.56. The topological polar surface area (TPSA) is 96.8 Å². The molecule has 3 N–H and O–H groups in total. The maximum atomic E-state index is 11.9. The minimum atomic E-state index is -0.241. The van der Waals surface area contributed by atoms with Gasteiger partial charge in [-0.3, -0.25) is 0 Å². The van der Waals surface area contributed by atoms with Crippen molar-refractivity contribution in [3.63, 3.8) is 0 Å². The molecule has 0 aliphatic carbocycles. The minimum Gasteiger partial charge on any atom is -0.367 e. The van der Waals surface area contributed by atoms with Gasteiger partial charge in [-0.1, -0.05) is 6.07 Å². The molecule has 0 aliphatic rings. The molecule has 2 amide bonds. The summed E-state index contributed by atoms with van der Waals surface area (Å²) in [4.78, 5) is 11.9. The van der Waals surface area contributed by atoms with Crippen molar-refractivity contribution in [3.05, 3.63) is 59.9 Å². The average Bonchev–Trinajstić information content (AvgIpc) is 3.17. The van der Waals surface area contributed by atoms with E-state index in [1.165, 1.54) is 5.56 Å². The summed E-state index contributed by atoms with van der Waals surface area (Å²) >= 11 is 0.